The molecule has 1 heterocycles. The zero-order valence-corrected chi connectivity index (χ0v) is 30.9. The molecule has 0 spiro atoms. The van der Waals surface area contributed by atoms with E-state index in [1.165, 1.54) is 14.2 Å². The first-order chi connectivity index (χ1) is 22.9. The number of carbonyl (C=O) groups excluding carboxylic acids is 3. The summed E-state index contributed by atoms with van der Waals surface area (Å²) in [5, 5.41) is 19.3. The van der Waals surface area contributed by atoms with E-state index in [1.807, 2.05) is 110 Å². The van der Waals surface area contributed by atoms with Crippen LogP contribution in [0.5, 0.6) is 0 Å². The molecule has 2 rings (SSSR count). The molecule has 11 heteroatoms. The monoisotopic (exact) mass is 679 g/mol. The van der Waals surface area contributed by atoms with Gasteiger partial charge >= 0.3 is 12.2 Å². The molecule has 1 aromatic heterocycles. The number of carbonyl (C=O) groups is 3. The molecule has 0 aliphatic heterocycles. The fraction of sp³-hybridized carbons (Fsp3) is 0.526. The minimum absolute atomic E-state index is 0.0377. The van der Waals surface area contributed by atoms with Crippen LogP contribution in [0, 0.1) is 22.7 Å². The van der Waals surface area contributed by atoms with E-state index in [2.05, 4.69) is 27.6 Å². The third-order valence-corrected chi connectivity index (χ3v) is 8.53. The zero-order chi connectivity index (χ0) is 36.9. The van der Waals surface area contributed by atoms with Crippen molar-refractivity contribution in [2.24, 2.45) is 22.7 Å². The minimum Gasteiger partial charge on any atom is -0.453 e. The van der Waals surface area contributed by atoms with Crippen LogP contribution in [0.15, 0.2) is 73.0 Å². The Morgan fingerprint density at radius 3 is 2.08 bits per heavy atom. The van der Waals surface area contributed by atoms with E-state index in [1.54, 1.807) is 11.2 Å². The van der Waals surface area contributed by atoms with Crippen LogP contribution in [-0.4, -0.2) is 72.1 Å². The molecule has 2 aromatic rings. The summed E-state index contributed by atoms with van der Waals surface area (Å²) in [5.74, 6) is -1.09. The van der Waals surface area contributed by atoms with Crippen LogP contribution in [0.4, 0.5) is 9.59 Å². The highest BCUT2D eigenvalue weighted by atomic mass is 16.5. The van der Waals surface area contributed by atoms with Crippen LogP contribution in [0.25, 0.3) is 11.3 Å². The summed E-state index contributed by atoms with van der Waals surface area (Å²) in [6.07, 6.45) is 3.72. The average Bonchev–Trinajstić information content (AvgIpc) is 3.04. The van der Waals surface area contributed by atoms with E-state index in [9.17, 15) is 19.5 Å². The van der Waals surface area contributed by atoms with Crippen molar-refractivity contribution in [1.82, 2.24) is 26.1 Å². The van der Waals surface area contributed by atoms with Gasteiger partial charge in [-0.1, -0.05) is 103 Å². The van der Waals surface area contributed by atoms with Gasteiger partial charge in [0.25, 0.3) is 5.91 Å². The maximum Gasteiger partial charge on any atom is 0.407 e. The van der Waals surface area contributed by atoms with Crippen molar-refractivity contribution in [3.05, 3.63) is 78.5 Å². The van der Waals surface area contributed by atoms with Crippen molar-refractivity contribution < 1.29 is 29.0 Å². The molecule has 4 N–H and O–H groups in total. The van der Waals surface area contributed by atoms with Gasteiger partial charge in [0.05, 0.1) is 26.0 Å². The first-order valence-corrected chi connectivity index (χ1v) is 16.6. The number of alkyl carbamates (subject to hydrolysis) is 2. The maximum atomic E-state index is 13.8. The maximum absolute atomic E-state index is 13.8. The van der Waals surface area contributed by atoms with E-state index in [4.69, 9.17) is 9.47 Å². The molecule has 0 aliphatic rings. The van der Waals surface area contributed by atoms with Crippen LogP contribution in [0.1, 0.15) is 67.4 Å². The van der Waals surface area contributed by atoms with Crippen molar-refractivity contribution in [3.8, 4) is 11.3 Å². The molecule has 5 unspecified atom stereocenters. The molecule has 0 saturated heterocycles. The number of allylic oxidation sites excluding steroid dienone is 3. The third kappa shape index (κ3) is 13.0. The van der Waals surface area contributed by atoms with E-state index < -0.39 is 35.7 Å². The summed E-state index contributed by atoms with van der Waals surface area (Å²) in [5.41, 5.74) is 5.42. The second-order valence-electron chi connectivity index (χ2n) is 14.6. The summed E-state index contributed by atoms with van der Waals surface area (Å²) < 4.78 is 9.74. The van der Waals surface area contributed by atoms with Crippen molar-refractivity contribution >= 4 is 18.1 Å². The highest BCUT2D eigenvalue weighted by molar-refractivity contribution is 5.86. The third-order valence-electron chi connectivity index (χ3n) is 8.53. The van der Waals surface area contributed by atoms with Gasteiger partial charge in [-0.3, -0.25) is 15.2 Å². The molecule has 0 radical (unpaired) electrons. The van der Waals surface area contributed by atoms with E-state index in [0.717, 1.165) is 22.4 Å². The second-order valence-corrected chi connectivity index (χ2v) is 14.6. The number of methoxy groups -OCH3 is 2. The number of ether oxygens (including phenoxy) is 2. The van der Waals surface area contributed by atoms with Gasteiger partial charge in [0.15, 0.2) is 0 Å². The fourth-order valence-corrected chi connectivity index (χ4v) is 5.97. The number of benzene rings is 1. The Kier molecular flexibility index (Phi) is 15.5. The van der Waals surface area contributed by atoms with Crippen LogP contribution in [0.2, 0.25) is 0 Å². The van der Waals surface area contributed by atoms with E-state index >= 15 is 0 Å². The van der Waals surface area contributed by atoms with Gasteiger partial charge in [-0.05, 0) is 53.7 Å². The Balaban J connectivity index is 2.52. The molecule has 270 valence electrons. The Hall–Kier alpha value is -4.22. The SMILES string of the molecule is C=C(C=CC)CC(C(O)CN(Cc1ccc(-c2ccccn2)cc1)NC(=O)C(NC(=O)OC)C(C)(C)C)C(C)C(NC(=O)OC)C(C)(C)C. The number of hydrogen-bond donors (Lipinski definition) is 4. The number of rotatable bonds is 15. The van der Waals surface area contributed by atoms with Crippen molar-refractivity contribution in [2.75, 3.05) is 20.8 Å². The number of aromatic nitrogens is 1. The quantitative estimate of drug-likeness (QED) is 0.128. The van der Waals surface area contributed by atoms with Crippen LogP contribution < -0.4 is 16.1 Å². The lowest BCUT2D eigenvalue weighted by Gasteiger charge is -2.42. The molecule has 0 bridgehead atoms. The molecule has 5 atom stereocenters. The number of aliphatic hydroxyl groups is 1. The molecule has 11 nitrogen and oxygen atoms in total. The number of nitrogens with zero attached hydrogens (tertiary/aromatic N) is 2. The summed E-state index contributed by atoms with van der Waals surface area (Å²) >= 11 is 0. The van der Waals surface area contributed by atoms with Gasteiger partial charge in [-0.15, -0.1) is 0 Å². The number of aliphatic hydroxyl groups excluding tert-OH is 1. The highest BCUT2D eigenvalue weighted by Gasteiger charge is 2.40. The summed E-state index contributed by atoms with van der Waals surface area (Å²) in [6.45, 7) is 20.0. The summed E-state index contributed by atoms with van der Waals surface area (Å²) in [6, 6.07) is 12.2. The van der Waals surface area contributed by atoms with E-state index in [-0.39, 0.29) is 36.4 Å². The lowest BCUT2D eigenvalue weighted by atomic mass is 9.71. The van der Waals surface area contributed by atoms with Gasteiger partial charge in [-0.2, -0.15) is 0 Å². The predicted octanol–water partition coefficient (Wildman–Crippen LogP) is 6.26. The van der Waals surface area contributed by atoms with Gasteiger partial charge in [-0.25, -0.2) is 14.6 Å². The average molecular weight is 680 g/mol. The van der Waals surface area contributed by atoms with Gasteiger partial charge in [0.1, 0.15) is 6.04 Å². The Bertz CT molecular complexity index is 1400. The number of hydrazine groups is 1. The first kappa shape index (κ1) is 41.0. The topological polar surface area (TPSA) is 142 Å². The number of hydrogen-bond acceptors (Lipinski definition) is 8. The normalized spacial score (nSPS) is 15.1. The Labute approximate surface area is 292 Å². The Morgan fingerprint density at radius 1 is 0.959 bits per heavy atom. The molecule has 49 heavy (non-hydrogen) atoms. The molecule has 3 amide bonds. The molecule has 0 saturated carbocycles. The molecule has 1 aromatic carbocycles. The lowest BCUT2D eigenvalue weighted by Crippen LogP contribution is -2.58. The largest absolute Gasteiger partial charge is 0.453 e. The lowest BCUT2D eigenvalue weighted by molar-refractivity contribution is -0.131. The number of nitrogens with one attached hydrogen (secondary N) is 3. The minimum atomic E-state index is -0.976. The summed E-state index contributed by atoms with van der Waals surface area (Å²) in [7, 11) is 2.57. The molecule has 0 aliphatic carbocycles. The van der Waals surface area contributed by atoms with Gasteiger partial charge < -0.3 is 25.2 Å². The predicted molar refractivity (Wildman–Crippen MR) is 193 cm³/mol. The number of pyridine rings is 1. The second kappa shape index (κ2) is 18.5. The van der Waals surface area contributed by atoms with E-state index in [0.29, 0.717) is 6.42 Å². The zero-order valence-electron chi connectivity index (χ0n) is 30.9. The number of amides is 3. The van der Waals surface area contributed by atoms with Gasteiger partial charge in [0, 0.05) is 30.9 Å². The van der Waals surface area contributed by atoms with Crippen LogP contribution >= 0.6 is 0 Å². The fourth-order valence-electron chi connectivity index (χ4n) is 5.97. The van der Waals surface area contributed by atoms with Crippen LogP contribution in [-0.2, 0) is 20.8 Å². The molecule has 0 fully saturated rings. The van der Waals surface area contributed by atoms with Crippen molar-refractivity contribution in [2.45, 2.75) is 86.5 Å². The molecular weight excluding hydrogens is 622 g/mol. The van der Waals surface area contributed by atoms with Crippen molar-refractivity contribution in [1.29, 1.82) is 0 Å². The van der Waals surface area contributed by atoms with Crippen molar-refractivity contribution in [3.63, 3.8) is 0 Å². The van der Waals surface area contributed by atoms with Crippen LogP contribution in [0.3, 0.4) is 0 Å². The molecular formula is C38H57N5O6. The standard InChI is InChI=1S/C38H57N5O6/c1-12-15-25(2)22-29(26(3)32(37(4,5)6)40-35(46)48-10)31(44)24-43(42-34(45)33(38(7,8)9)41-36(47)49-11)23-27-17-19-28(20-18-27)30-16-13-14-21-39-30/h12-21,26,29,31-33,44H,2,22-24H2,1,3-11H3,(H,40,46)(H,41,47)(H,42,45). The first-order valence-electron chi connectivity index (χ1n) is 16.6. The highest BCUT2D eigenvalue weighted by Crippen LogP contribution is 2.35. The van der Waals surface area contributed by atoms with Gasteiger partial charge in [0.2, 0.25) is 0 Å². The Morgan fingerprint density at radius 2 is 1.57 bits per heavy atom. The summed E-state index contributed by atoms with van der Waals surface area (Å²) in [4.78, 5) is 42.9. The smallest absolute Gasteiger partial charge is 0.407 e.